The van der Waals surface area contributed by atoms with E-state index in [9.17, 15) is 18.0 Å². The number of hydrogen-bond acceptors (Lipinski definition) is 4. The second-order valence-corrected chi connectivity index (χ2v) is 10.5. The molecule has 0 N–H and O–H groups in total. The number of carbonyl (C=O) groups excluding carboxylic acids is 2. The highest BCUT2D eigenvalue weighted by Crippen LogP contribution is 2.38. The van der Waals surface area contributed by atoms with Crippen LogP contribution in [-0.2, 0) is 25.8 Å². The number of rotatable bonds is 10. The van der Waals surface area contributed by atoms with Crippen LogP contribution in [0.4, 0.5) is 5.69 Å². The van der Waals surface area contributed by atoms with Crippen LogP contribution in [-0.4, -0.2) is 50.5 Å². The smallest absolute Gasteiger partial charge is 0.223 e. The number of anilines is 1. The molecule has 0 unspecified atom stereocenters. The number of halogens is 1. The molecule has 29 heavy (non-hydrogen) atoms. The van der Waals surface area contributed by atoms with Gasteiger partial charge < -0.3 is 9.80 Å². The predicted octanol–water partition coefficient (Wildman–Crippen LogP) is 3.95. The van der Waals surface area contributed by atoms with E-state index >= 15 is 0 Å². The minimum Gasteiger partial charge on any atom is -0.343 e. The molecule has 0 bridgehead atoms. The Labute approximate surface area is 182 Å². The Morgan fingerprint density at radius 3 is 2.31 bits per heavy atom. The van der Waals surface area contributed by atoms with Gasteiger partial charge in [-0.05, 0) is 37.0 Å². The molecule has 1 heterocycles. The van der Waals surface area contributed by atoms with Gasteiger partial charge in [-0.2, -0.15) is 0 Å². The summed E-state index contributed by atoms with van der Waals surface area (Å²) < 4.78 is 26.9. The highest BCUT2D eigenvalue weighted by molar-refractivity contribution is 9.10. The Balaban J connectivity index is 2.21. The van der Waals surface area contributed by atoms with Crippen LogP contribution < -0.4 is 4.90 Å². The molecular formula is C21H31BrN2O4S. The van der Waals surface area contributed by atoms with E-state index in [0.717, 1.165) is 31.2 Å². The molecule has 1 aromatic carbocycles. The highest BCUT2D eigenvalue weighted by atomic mass is 79.9. The molecule has 1 aromatic rings. The SMILES string of the molecule is CCCCN(CCCC)C(=O)CCS(=O)(=O)c1cc(Br)cc2c1N(C(C)=O)CC2. The van der Waals surface area contributed by atoms with Gasteiger partial charge in [-0.1, -0.05) is 42.6 Å². The standard InChI is InChI=1S/C21H31BrN2O4S/c1-4-6-10-23(11-7-5-2)20(26)9-13-29(27,28)19-15-18(22)14-17-8-12-24(16(3)25)21(17)19/h14-15H,4-13H2,1-3H3. The first-order valence-electron chi connectivity index (χ1n) is 10.3. The van der Waals surface area contributed by atoms with E-state index in [1.807, 2.05) is 6.07 Å². The molecule has 0 aromatic heterocycles. The molecule has 2 rings (SSSR count). The maximum atomic E-state index is 13.1. The van der Waals surface area contributed by atoms with Gasteiger partial charge in [0.25, 0.3) is 0 Å². The van der Waals surface area contributed by atoms with Crippen LogP contribution in [0.15, 0.2) is 21.5 Å². The van der Waals surface area contributed by atoms with E-state index in [-0.39, 0.29) is 28.9 Å². The summed E-state index contributed by atoms with van der Waals surface area (Å²) in [4.78, 5) is 28.1. The molecular weight excluding hydrogens is 456 g/mol. The van der Waals surface area contributed by atoms with Crippen LogP contribution in [0.5, 0.6) is 0 Å². The number of benzene rings is 1. The maximum absolute atomic E-state index is 13.1. The third kappa shape index (κ3) is 6.04. The summed E-state index contributed by atoms with van der Waals surface area (Å²) in [5.74, 6) is -0.552. The fraction of sp³-hybridized carbons (Fsp3) is 0.619. The highest BCUT2D eigenvalue weighted by Gasteiger charge is 2.31. The summed E-state index contributed by atoms with van der Waals surface area (Å²) in [6.07, 6.45) is 4.37. The topological polar surface area (TPSA) is 74.8 Å². The van der Waals surface area contributed by atoms with Crippen molar-refractivity contribution in [2.45, 2.75) is 64.2 Å². The molecule has 6 nitrogen and oxygen atoms in total. The average molecular weight is 487 g/mol. The zero-order chi connectivity index (χ0) is 21.6. The molecule has 0 radical (unpaired) electrons. The lowest BCUT2D eigenvalue weighted by atomic mass is 10.2. The summed E-state index contributed by atoms with van der Waals surface area (Å²) in [5, 5.41) is 0. The molecule has 162 valence electrons. The Morgan fingerprint density at radius 1 is 1.14 bits per heavy atom. The van der Waals surface area contributed by atoms with Crippen molar-refractivity contribution in [3.63, 3.8) is 0 Å². The summed E-state index contributed by atoms with van der Waals surface area (Å²) in [7, 11) is -3.72. The van der Waals surface area contributed by atoms with Crippen LogP contribution >= 0.6 is 15.9 Å². The number of amides is 2. The molecule has 0 aliphatic carbocycles. The first-order chi connectivity index (χ1) is 13.7. The minimum atomic E-state index is -3.72. The molecule has 0 spiro atoms. The van der Waals surface area contributed by atoms with E-state index in [4.69, 9.17) is 0 Å². The van der Waals surface area contributed by atoms with Crippen LogP contribution in [0, 0.1) is 0 Å². The average Bonchev–Trinajstić information content (AvgIpc) is 3.09. The van der Waals surface area contributed by atoms with E-state index in [0.29, 0.717) is 36.2 Å². The third-order valence-electron chi connectivity index (χ3n) is 5.21. The van der Waals surface area contributed by atoms with Crippen molar-refractivity contribution < 1.29 is 18.0 Å². The zero-order valence-corrected chi connectivity index (χ0v) is 19.9. The van der Waals surface area contributed by atoms with Gasteiger partial charge in [-0.25, -0.2) is 8.42 Å². The van der Waals surface area contributed by atoms with Crippen molar-refractivity contribution in [3.8, 4) is 0 Å². The lowest BCUT2D eigenvalue weighted by Crippen LogP contribution is -2.34. The van der Waals surface area contributed by atoms with E-state index < -0.39 is 9.84 Å². The largest absolute Gasteiger partial charge is 0.343 e. The summed E-state index contributed by atoms with van der Waals surface area (Å²) in [6, 6.07) is 3.41. The van der Waals surface area contributed by atoms with Gasteiger partial charge in [0.05, 0.1) is 16.3 Å². The number of unbranched alkanes of at least 4 members (excludes halogenated alkanes) is 2. The lowest BCUT2D eigenvalue weighted by Gasteiger charge is -2.23. The van der Waals surface area contributed by atoms with Gasteiger partial charge >= 0.3 is 0 Å². The monoisotopic (exact) mass is 486 g/mol. The Hall–Kier alpha value is -1.41. The number of carbonyl (C=O) groups is 2. The van der Waals surface area contributed by atoms with Crippen LogP contribution in [0.1, 0.15) is 58.4 Å². The Morgan fingerprint density at radius 2 is 1.76 bits per heavy atom. The van der Waals surface area contributed by atoms with E-state index in [1.165, 1.54) is 11.8 Å². The summed E-state index contributed by atoms with van der Waals surface area (Å²) in [6.45, 7) is 7.39. The number of hydrogen-bond donors (Lipinski definition) is 0. The number of nitrogens with zero attached hydrogens (tertiary/aromatic N) is 2. The van der Waals surface area contributed by atoms with Crippen molar-refractivity contribution in [1.82, 2.24) is 4.90 Å². The van der Waals surface area contributed by atoms with Gasteiger partial charge in [0.1, 0.15) is 0 Å². The predicted molar refractivity (Wildman–Crippen MR) is 119 cm³/mol. The molecule has 8 heteroatoms. The van der Waals surface area contributed by atoms with Crippen molar-refractivity contribution in [2.75, 3.05) is 30.3 Å². The van der Waals surface area contributed by atoms with Crippen LogP contribution in [0.3, 0.4) is 0 Å². The molecule has 1 aliphatic heterocycles. The molecule has 0 fully saturated rings. The van der Waals surface area contributed by atoms with E-state index in [2.05, 4.69) is 29.8 Å². The first kappa shape index (κ1) is 23.9. The van der Waals surface area contributed by atoms with Gasteiger partial charge in [0.15, 0.2) is 9.84 Å². The van der Waals surface area contributed by atoms with Crippen molar-refractivity contribution in [2.24, 2.45) is 0 Å². The second kappa shape index (κ2) is 10.6. The molecule has 0 saturated carbocycles. The molecule has 0 saturated heterocycles. The van der Waals surface area contributed by atoms with Gasteiger partial charge in [-0.15, -0.1) is 0 Å². The number of sulfone groups is 1. The Bertz CT molecular complexity index is 846. The Kier molecular flexibility index (Phi) is 8.70. The summed E-state index contributed by atoms with van der Waals surface area (Å²) >= 11 is 3.38. The van der Waals surface area contributed by atoms with Crippen molar-refractivity contribution in [3.05, 3.63) is 22.2 Å². The fourth-order valence-corrected chi connectivity index (χ4v) is 5.73. The number of fused-ring (bicyclic) bond motifs is 1. The first-order valence-corrected chi connectivity index (χ1v) is 12.8. The zero-order valence-electron chi connectivity index (χ0n) is 17.5. The normalized spacial score (nSPS) is 13.4. The molecule has 2 amide bonds. The van der Waals surface area contributed by atoms with E-state index in [1.54, 1.807) is 11.0 Å². The summed E-state index contributed by atoms with van der Waals surface area (Å²) in [5.41, 5.74) is 1.31. The van der Waals surface area contributed by atoms with Gasteiger partial charge in [0.2, 0.25) is 11.8 Å². The second-order valence-electron chi connectivity index (χ2n) is 7.49. The maximum Gasteiger partial charge on any atom is 0.223 e. The molecule has 0 atom stereocenters. The van der Waals surface area contributed by atoms with Crippen molar-refractivity contribution >= 4 is 43.3 Å². The van der Waals surface area contributed by atoms with Crippen molar-refractivity contribution in [1.29, 1.82) is 0 Å². The quantitative estimate of drug-likeness (QED) is 0.501. The lowest BCUT2D eigenvalue weighted by molar-refractivity contribution is -0.131. The van der Waals surface area contributed by atoms with Crippen LogP contribution in [0.25, 0.3) is 0 Å². The van der Waals surface area contributed by atoms with Gasteiger partial charge in [0, 0.05) is 37.5 Å². The van der Waals surface area contributed by atoms with Gasteiger partial charge in [-0.3, -0.25) is 9.59 Å². The molecule has 1 aliphatic rings. The van der Waals surface area contributed by atoms with Crippen LogP contribution in [0.2, 0.25) is 0 Å². The third-order valence-corrected chi connectivity index (χ3v) is 7.39. The fourth-order valence-electron chi connectivity index (χ4n) is 3.57. The minimum absolute atomic E-state index is 0.0445.